The molecule has 0 spiro atoms. The summed E-state index contributed by atoms with van der Waals surface area (Å²) in [5.74, 6) is 0.622. The zero-order valence-electron chi connectivity index (χ0n) is 7.81. The number of aryl methyl sites for hydroxylation is 1. The lowest BCUT2D eigenvalue weighted by Crippen LogP contribution is -2.43. The molecule has 1 fully saturated rings. The predicted octanol–water partition coefficient (Wildman–Crippen LogP) is 1.90. The van der Waals surface area contributed by atoms with Gasteiger partial charge < -0.3 is 5.32 Å². The molecule has 2 rings (SSSR count). The van der Waals surface area contributed by atoms with Crippen LogP contribution in [-0.2, 0) is 6.42 Å². The largest absolute Gasteiger partial charge is 0.316 e. The molecule has 0 bridgehead atoms. The fraction of sp³-hybridized carbons (Fsp3) is 0.455. The second-order valence-electron chi connectivity index (χ2n) is 3.80. The number of benzene rings is 1. The van der Waals surface area contributed by atoms with Crippen molar-refractivity contribution in [2.45, 2.75) is 13.3 Å². The molecule has 1 aliphatic heterocycles. The highest BCUT2D eigenvalue weighted by atomic mass is 19.1. The van der Waals surface area contributed by atoms with Crippen molar-refractivity contribution < 1.29 is 4.39 Å². The quantitative estimate of drug-likeness (QED) is 0.731. The van der Waals surface area contributed by atoms with Crippen LogP contribution in [0.2, 0.25) is 0 Å². The summed E-state index contributed by atoms with van der Waals surface area (Å²) < 4.78 is 12.8. The average molecular weight is 179 g/mol. The topological polar surface area (TPSA) is 12.0 Å². The Bertz CT molecular complexity index is 305. The monoisotopic (exact) mass is 179 g/mol. The number of hydrogen-bond donors (Lipinski definition) is 1. The van der Waals surface area contributed by atoms with Gasteiger partial charge in [-0.1, -0.05) is 6.07 Å². The molecule has 0 radical (unpaired) electrons. The first-order chi connectivity index (χ1) is 6.25. The molecule has 1 N–H and O–H groups in total. The van der Waals surface area contributed by atoms with E-state index < -0.39 is 0 Å². The Morgan fingerprint density at radius 2 is 2.23 bits per heavy atom. The van der Waals surface area contributed by atoms with Gasteiger partial charge in [-0.25, -0.2) is 4.39 Å². The molecule has 0 amide bonds. The summed E-state index contributed by atoms with van der Waals surface area (Å²) in [5.41, 5.74) is 2.36. The van der Waals surface area contributed by atoms with Crippen LogP contribution in [0.4, 0.5) is 4.39 Å². The van der Waals surface area contributed by atoms with Crippen molar-refractivity contribution in [3.05, 3.63) is 35.1 Å². The highest BCUT2D eigenvalue weighted by Gasteiger charge is 2.17. The van der Waals surface area contributed by atoms with Gasteiger partial charge in [-0.2, -0.15) is 0 Å². The Balaban J connectivity index is 2.10. The van der Waals surface area contributed by atoms with Crippen LogP contribution >= 0.6 is 0 Å². The SMILES string of the molecule is Cc1cc(F)ccc1CC1CNC1. The van der Waals surface area contributed by atoms with E-state index in [0.29, 0.717) is 0 Å². The molecule has 0 saturated carbocycles. The van der Waals surface area contributed by atoms with Crippen molar-refractivity contribution in [1.29, 1.82) is 0 Å². The van der Waals surface area contributed by atoms with Crippen LogP contribution in [0, 0.1) is 18.7 Å². The number of rotatable bonds is 2. The van der Waals surface area contributed by atoms with E-state index in [1.165, 1.54) is 5.56 Å². The molecule has 0 unspecified atom stereocenters. The van der Waals surface area contributed by atoms with Crippen molar-refractivity contribution in [3.8, 4) is 0 Å². The van der Waals surface area contributed by atoms with Crippen molar-refractivity contribution in [2.75, 3.05) is 13.1 Å². The molecule has 1 nitrogen and oxygen atoms in total. The molecule has 0 atom stereocenters. The summed E-state index contributed by atoms with van der Waals surface area (Å²) in [6.07, 6.45) is 1.08. The smallest absolute Gasteiger partial charge is 0.123 e. The van der Waals surface area contributed by atoms with Crippen molar-refractivity contribution >= 4 is 0 Å². The first kappa shape index (κ1) is 8.70. The Kier molecular flexibility index (Phi) is 2.32. The average Bonchev–Trinajstić information content (AvgIpc) is 1.99. The zero-order valence-corrected chi connectivity index (χ0v) is 7.81. The van der Waals surface area contributed by atoms with E-state index >= 15 is 0 Å². The van der Waals surface area contributed by atoms with Crippen LogP contribution in [0.15, 0.2) is 18.2 Å². The van der Waals surface area contributed by atoms with Gasteiger partial charge in [0, 0.05) is 0 Å². The van der Waals surface area contributed by atoms with Crippen LogP contribution in [0.25, 0.3) is 0 Å². The molecule has 1 aromatic rings. The third kappa shape index (κ3) is 1.89. The van der Waals surface area contributed by atoms with Crippen LogP contribution in [-0.4, -0.2) is 13.1 Å². The first-order valence-electron chi connectivity index (χ1n) is 4.71. The van der Waals surface area contributed by atoms with Crippen LogP contribution < -0.4 is 5.32 Å². The molecule has 1 aliphatic rings. The van der Waals surface area contributed by atoms with E-state index in [0.717, 1.165) is 31.0 Å². The molecule has 1 saturated heterocycles. The lowest BCUT2D eigenvalue weighted by molar-refractivity contribution is 0.346. The summed E-state index contributed by atoms with van der Waals surface area (Å²) in [6.45, 7) is 4.19. The van der Waals surface area contributed by atoms with E-state index in [1.54, 1.807) is 12.1 Å². The molecular weight excluding hydrogens is 165 g/mol. The number of halogens is 1. The second kappa shape index (κ2) is 3.46. The van der Waals surface area contributed by atoms with E-state index in [4.69, 9.17) is 0 Å². The highest BCUT2D eigenvalue weighted by Crippen LogP contribution is 2.16. The zero-order chi connectivity index (χ0) is 9.26. The van der Waals surface area contributed by atoms with E-state index in [-0.39, 0.29) is 5.82 Å². The lowest BCUT2D eigenvalue weighted by atomic mass is 9.92. The van der Waals surface area contributed by atoms with E-state index in [9.17, 15) is 4.39 Å². The molecule has 1 heterocycles. The summed E-state index contributed by atoms with van der Waals surface area (Å²) in [6, 6.07) is 5.07. The van der Waals surface area contributed by atoms with Gasteiger partial charge in [0.1, 0.15) is 5.82 Å². The van der Waals surface area contributed by atoms with Gasteiger partial charge in [-0.15, -0.1) is 0 Å². The predicted molar refractivity (Wildman–Crippen MR) is 51.2 cm³/mol. The normalized spacial score (nSPS) is 17.1. The molecule has 0 aliphatic carbocycles. The fourth-order valence-corrected chi connectivity index (χ4v) is 1.69. The van der Waals surface area contributed by atoms with Crippen molar-refractivity contribution in [3.63, 3.8) is 0 Å². The highest BCUT2D eigenvalue weighted by molar-refractivity contribution is 5.27. The Morgan fingerprint density at radius 3 is 2.77 bits per heavy atom. The Labute approximate surface area is 78.0 Å². The van der Waals surface area contributed by atoms with Crippen molar-refractivity contribution in [1.82, 2.24) is 5.32 Å². The van der Waals surface area contributed by atoms with Gasteiger partial charge in [-0.3, -0.25) is 0 Å². The summed E-state index contributed by atoms with van der Waals surface area (Å²) in [5, 5.41) is 3.24. The van der Waals surface area contributed by atoms with Gasteiger partial charge in [-0.05, 0) is 55.6 Å². The molecule has 70 valence electrons. The standard InChI is InChI=1S/C11H14FN/c1-8-4-11(12)3-2-10(8)5-9-6-13-7-9/h2-4,9,13H,5-7H2,1H3. The van der Waals surface area contributed by atoms with Crippen LogP contribution in [0.3, 0.4) is 0 Å². The van der Waals surface area contributed by atoms with Crippen LogP contribution in [0.1, 0.15) is 11.1 Å². The van der Waals surface area contributed by atoms with Crippen molar-refractivity contribution in [2.24, 2.45) is 5.92 Å². The third-order valence-electron chi connectivity index (χ3n) is 2.68. The molecule has 2 heteroatoms. The van der Waals surface area contributed by atoms with Gasteiger partial charge in [0.2, 0.25) is 0 Å². The molecule has 1 aromatic carbocycles. The maximum absolute atomic E-state index is 12.8. The van der Waals surface area contributed by atoms with Crippen LogP contribution in [0.5, 0.6) is 0 Å². The Hall–Kier alpha value is -0.890. The molecular formula is C11H14FN. The number of nitrogens with one attached hydrogen (secondary N) is 1. The second-order valence-corrected chi connectivity index (χ2v) is 3.80. The summed E-state index contributed by atoms with van der Waals surface area (Å²) in [7, 11) is 0. The van der Waals surface area contributed by atoms with Gasteiger partial charge in [0.05, 0.1) is 0 Å². The minimum atomic E-state index is -0.131. The maximum atomic E-state index is 12.8. The molecule has 0 aromatic heterocycles. The third-order valence-corrected chi connectivity index (χ3v) is 2.68. The minimum absolute atomic E-state index is 0.131. The van der Waals surface area contributed by atoms with E-state index in [1.807, 2.05) is 13.0 Å². The maximum Gasteiger partial charge on any atom is 0.123 e. The van der Waals surface area contributed by atoms with E-state index in [2.05, 4.69) is 5.32 Å². The summed E-state index contributed by atoms with van der Waals surface area (Å²) in [4.78, 5) is 0. The van der Waals surface area contributed by atoms with Gasteiger partial charge >= 0.3 is 0 Å². The number of hydrogen-bond acceptors (Lipinski definition) is 1. The van der Waals surface area contributed by atoms with Gasteiger partial charge in [0.15, 0.2) is 0 Å². The molecule has 13 heavy (non-hydrogen) atoms. The van der Waals surface area contributed by atoms with Gasteiger partial charge in [0.25, 0.3) is 0 Å². The lowest BCUT2D eigenvalue weighted by Gasteiger charge is -2.27. The Morgan fingerprint density at radius 1 is 1.46 bits per heavy atom. The summed E-state index contributed by atoms with van der Waals surface area (Å²) >= 11 is 0. The fourth-order valence-electron chi connectivity index (χ4n) is 1.69. The first-order valence-corrected chi connectivity index (χ1v) is 4.71. The minimum Gasteiger partial charge on any atom is -0.316 e.